The van der Waals surface area contributed by atoms with E-state index in [0.29, 0.717) is 0 Å². The lowest BCUT2D eigenvalue weighted by Gasteiger charge is -2.07. The van der Waals surface area contributed by atoms with Crippen LogP contribution in [0.25, 0.3) is 0 Å². The molecular formula is C14H17ClN2. The molecule has 0 amide bonds. The van der Waals surface area contributed by atoms with Crippen molar-refractivity contribution < 1.29 is 0 Å². The average Bonchev–Trinajstić information content (AvgIpc) is 2.71. The zero-order valence-corrected chi connectivity index (χ0v) is 10.9. The fourth-order valence-corrected chi connectivity index (χ4v) is 2.10. The SMILES string of the molecule is Cc1ccc(Cn2ccc(C(C)N)c2)c(Cl)c1. The van der Waals surface area contributed by atoms with Crippen molar-refractivity contribution >= 4 is 11.6 Å². The number of rotatable bonds is 3. The van der Waals surface area contributed by atoms with Crippen LogP contribution in [-0.2, 0) is 6.54 Å². The van der Waals surface area contributed by atoms with E-state index in [1.165, 1.54) is 5.56 Å². The summed E-state index contributed by atoms with van der Waals surface area (Å²) in [6.45, 7) is 4.81. The number of hydrogen-bond donors (Lipinski definition) is 1. The highest BCUT2D eigenvalue weighted by Gasteiger charge is 2.04. The zero-order valence-electron chi connectivity index (χ0n) is 10.2. The standard InChI is InChI=1S/C14H17ClN2/c1-10-3-4-13(14(15)7-10)9-17-6-5-12(8-17)11(2)16/h3-8,11H,9,16H2,1-2H3. The van der Waals surface area contributed by atoms with Crippen molar-refractivity contribution in [1.29, 1.82) is 0 Å². The second kappa shape index (κ2) is 4.94. The lowest BCUT2D eigenvalue weighted by molar-refractivity contribution is 0.777. The maximum Gasteiger partial charge on any atom is 0.0485 e. The van der Waals surface area contributed by atoms with E-state index in [-0.39, 0.29) is 6.04 Å². The summed E-state index contributed by atoms with van der Waals surface area (Å²) in [4.78, 5) is 0. The van der Waals surface area contributed by atoms with E-state index in [2.05, 4.69) is 22.9 Å². The molecule has 1 unspecified atom stereocenters. The Morgan fingerprint density at radius 2 is 2.12 bits per heavy atom. The number of nitrogens with zero attached hydrogens (tertiary/aromatic N) is 1. The maximum absolute atomic E-state index is 6.21. The molecule has 0 aliphatic heterocycles. The van der Waals surface area contributed by atoms with Crippen LogP contribution in [0.3, 0.4) is 0 Å². The van der Waals surface area contributed by atoms with Crippen molar-refractivity contribution in [3.8, 4) is 0 Å². The van der Waals surface area contributed by atoms with Gasteiger partial charge in [-0.15, -0.1) is 0 Å². The van der Waals surface area contributed by atoms with Gasteiger partial charge in [-0.25, -0.2) is 0 Å². The van der Waals surface area contributed by atoms with E-state index in [1.54, 1.807) is 0 Å². The highest BCUT2D eigenvalue weighted by Crippen LogP contribution is 2.19. The van der Waals surface area contributed by atoms with Crippen molar-refractivity contribution in [2.45, 2.75) is 26.4 Å². The highest BCUT2D eigenvalue weighted by atomic mass is 35.5. The van der Waals surface area contributed by atoms with Gasteiger partial charge in [-0.3, -0.25) is 0 Å². The van der Waals surface area contributed by atoms with Gasteiger partial charge in [0.25, 0.3) is 0 Å². The first-order valence-electron chi connectivity index (χ1n) is 5.72. The second-order valence-electron chi connectivity index (χ2n) is 4.50. The molecule has 0 saturated carbocycles. The van der Waals surface area contributed by atoms with Crippen LogP contribution >= 0.6 is 11.6 Å². The summed E-state index contributed by atoms with van der Waals surface area (Å²) in [6.07, 6.45) is 4.11. The van der Waals surface area contributed by atoms with Crippen molar-refractivity contribution in [2.24, 2.45) is 5.73 Å². The van der Waals surface area contributed by atoms with Crippen LogP contribution in [0.2, 0.25) is 5.02 Å². The Labute approximate surface area is 107 Å². The van der Waals surface area contributed by atoms with E-state index >= 15 is 0 Å². The Bertz CT molecular complexity index is 515. The molecule has 3 heteroatoms. The molecule has 1 aromatic carbocycles. The Hall–Kier alpha value is -1.25. The largest absolute Gasteiger partial charge is 0.350 e. The smallest absolute Gasteiger partial charge is 0.0485 e. The van der Waals surface area contributed by atoms with E-state index in [1.807, 2.05) is 32.2 Å². The van der Waals surface area contributed by atoms with Gasteiger partial charge in [0.1, 0.15) is 0 Å². The molecule has 1 heterocycles. The Kier molecular flexibility index (Phi) is 3.55. The fraction of sp³-hybridized carbons (Fsp3) is 0.286. The van der Waals surface area contributed by atoms with Gasteiger partial charge in [0.05, 0.1) is 0 Å². The van der Waals surface area contributed by atoms with Crippen LogP contribution in [0.1, 0.15) is 29.7 Å². The molecule has 0 aliphatic carbocycles. The second-order valence-corrected chi connectivity index (χ2v) is 4.91. The third-order valence-electron chi connectivity index (χ3n) is 2.86. The predicted molar refractivity (Wildman–Crippen MR) is 72.3 cm³/mol. The lowest BCUT2D eigenvalue weighted by atomic mass is 10.1. The van der Waals surface area contributed by atoms with Gasteiger partial charge in [-0.2, -0.15) is 0 Å². The Balaban J connectivity index is 2.19. The minimum atomic E-state index is 0.0738. The molecule has 2 nitrogen and oxygen atoms in total. The first kappa shape index (κ1) is 12.2. The number of aryl methyl sites for hydroxylation is 1. The van der Waals surface area contributed by atoms with Crippen molar-refractivity contribution in [3.63, 3.8) is 0 Å². The first-order chi connectivity index (χ1) is 8.06. The van der Waals surface area contributed by atoms with Crippen molar-refractivity contribution in [3.05, 3.63) is 58.4 Å². The molecule has 0 radical (unpaired) electrons. The Morgan fingerprint density at radius 3 is 2.71 bits per heavy atom. The molecule has 0 spiro atoms. The third-order valence-corrected chi connectivity index (χ3v) is 3.21. The van der Waals surface area contributed by atoms with Gasteiger partial charge >= 0.3 is 0 Å². The van der Waals surface area contributed by atoms with Crippen LogP contribution < -0.4 is 5.73 Å². The number of nitrogens with two attached hydrogens (primary N) is 1. The third kappa shape index (κ3) is 2.90. The van der Waals surface area contributed by atoms with E-state index < -0.39 is 0 Å². The Morgan fingerprint density at radius 1 is 1.35 bits per heavy atom. The van der Waals surface area contributed by atoms with Gasteiger partial charge in [0, 0.05) is 30.0 Å². The van der Waals surface area contributed by atoms with Crippen LogP contribution in [-0.4, -0.2) is 4.57 Å². The van der Waals surface area contributed by atoms with E-state index in [9.17, 15) is 0 Å². The summed E-state index contributed by atoms with van der Waals surface area (Å²) >= 11 is 6.21. The molecule has 2 aromatic rings. The zero-order chi connectivity index (χ0) is 12.4. The minimum Gasteiger partial charge on any atom is -0.350 e. The molecule has 0 aliphatic rings. The highest BCUT2D eigenvalue weighted by molar-refractivity contribution is 6.31. The minimum absolute atomic E-state index is 0.0738. The summed E-state index contributed by atoms with van der Waals surface area (Å²) in [6, 6.07) is 8.27. The van der Waals surface area contributed by atoms with Gasteiger partial charge in [0.2, 0.25) is 0 Å². The summed E-state index contributed by atoms with van der Waals surface area (Å²) in [7, 11) is 0. The molecule has 0 bridgehead atoms. The van der Waals surface area contributed by atoms with Gasteiger partial charge in [-0.1, -0.05) is 23.7 Å². The molecule has 2 N–H and O–H groups in total. The van der Waals surface area contributed by atoms with E-state index in [0.717, 1.165) is 22.7 Å². The number of aromatic nitrogens is 1. The molecule has 0 fully saturated rings. The maximum atomic E-state index is 6.21. The normalized spacial score (nSPS) is 12.7. The molecule has 1 atom stereocenters. The molecule has 1 aromatic heterocycles. The molecule has 0 saturated heterocycles. The molecule has 2 rings (SSSR count). The first-order valence-corrected chi connectivity index (χ1v) is 6.10. The topological polar surface area (TPSA) is 30.9 Å². The lowest BCUT2D eigenvalue weighted by Crippen LogP contribution is -2.04. The number of halogens is 1. The fourth-order valence-electron chi connectivity index (χ4n) is 1.80. The monoisotopic (exact) mass is 248 g/mol. The summed E-state index contributed by atoms with van der Waals surface area (Å²) < 4.78 is 2.11. The van der Waals surface area contributed by atoms with Crippen molar-refractivity contribution in [2.75, 3.05) is 0 Å². The van der Waals surface area contributed by atoms with Crippen molar-refractivity contribution in [1.82, 2.24) is 4.57 Å². The van der Waals surface area contributed by atoms with Crippen LogP contribution in [0.4, 0.5) is 0 Å². The van der Waals surface area contributed by atoms with Gasteiger partial charge in [-0.05, 0) is 42.7 Å². The van der Waals surface area contributed by atoms with Crippen LogP contribution in [0, 0.1) is 6.92 Å². The van der Waals surface area contributed by atoms with Crippen LogP contribution in [0.5, 0.6) is 0 Å². The number of benzene rings is 1. The van der Waals surface area contributed by atoms with Gasteiger partial charge in [0.15, 0.2) is 0 Å². The number of hydrogen-bond acceptors (Lipinski definition) is 1. The predicted octanol–water partition coefficient (Wildman–Crippen LogP) is 3.52. The quantitative estimate of drug-likeness (QED) is 0.885. The molecular weight excluding hydrogens is 232 g/mol. The summed E-state index contributed by atoms with van der Waals surface area (Å²) in [5.41, 5.74) is 9.29. The summed E-state index contributed by atoms with van der Waals surface area (Å²) in [5.74, 6) is 0. The average molecular weight is 249 g/mol. The van der Waals surface area contributed by atoms with Crippen LogP contribution in [0.15, 0.2) is 36.7 Å². The molecule has 17 heavy (non-hydrogen) atoms. The van der Waals surface area contributed by atoms with Gasteiger partial charge < -0.3 is 10.3 Å². The summed E-state index contributed by atoms with van der Waals surface area (Å²) in [5, 5.41) is 0.820. The van der Waals surface area contributed by atoms with E-state index in [4.69, 9.17) is 17.3 Å². The molecule has 90 valence electrons.